The third-order valence-electron chi connectivity index (χ3n) is 4.60. The molecule has 1 aromatic carbocycles. The molecule has 1 saturated heterocycles. The molecule has 1 atom stereocenters. The van der Waals surface area contributed by atoms with Gasteiger partial charge >= 0.3 is 0 Å². The van der Waals surface area contributed by atoms with Crippen molar-refractivity contribution < 1.29 is 9.90 Å². The second-order valence-corrected chi connectivity index (χ2v) is 7.06. The lowest BCUT2D eigenvalue weighted by Gasteiger charge is -2.34. The summed E-state index contributed by atoms with van der Waals surface area (Å²) in [6, 6.07) is 6.50. The number of aromatic amines is 1. The summed E-state index contributed by atoms with van der Waals surface area (Å²) in [5.41, 5.74) is 2.11. The number of benzene rings is 1. The zero-order chi connectivity index (χ0) is 17.1. The molecule has 6 nitrogen and oxygen atoms in total. The number of fused-ring (bicyclic) bond motifs is 1. The van der Waals surface area contributed by atoms with Crippen molar-refractivity contribution in [3.05, 3.63) is 24.4 Å². The van der Waals surface area contributed by atoms with Gasteiger partial charge in [0, 0.05) is 30.2 Å². The van der Waals surface area contributed by atoms with Gasteiger partial charge in [-0.3, -0.25) is 9.89 Å². The standard InChI is InChI=1S/C18H26N4O2/c1-12(2)9-17(23)18(24)22-7-5-14(6-8-22)20-15-3-4-16-13(10-15)11-19-21-16/h3-4,10-12,14,17,20,23H,5-9H2,1-2H3,(H,19,21)/t17-/m0/s1. The molecule has 1 aromatic heterocycles. The summed E-state index contributed by atoms with van der Waals surface area (Å²) < 4.78 is 0. The zero-order valence-corrected chi connectivity index (χ0v) is 14.3. The first-order valence-corrected chi connectivity index (χ1v) is 8.69. The van der Waals surface area contributed by atoms with Crippen LogP contribution in [0.5, 0.6) is 0 Å². The van der Waals surface area contributed by atoms with Gasteiger partial charge in [-0.05, 0) is 43.4 Å². The Hall–Kier alpha value is -2.08. The summed E-state index contributed by atoms with van der Waals surface area (Å²) in [6.45, 7) is 5.42. The zero-order valence-electron chi connectivity index (χ0n) is 14.3. The van der Waals surface area contributed by atoms with E-state index < -0.39 is 6.10 Å². The molecule has 24 heavy (non-hydrogen) atoms. The fourth-order valence-electron chi connectivity index (χ4n) is 3.27. The monoisotopic (exact) mass is 330 g/mol. The molecule has 0 bridgehead atoms. The fraction of sp³-hybridized carbons (Fsp3) is 0.556. The Morgan fingerprint density at radius 2 is 2.17 bits per heavy atom. The van der Waals surface area contributed by atoms with Crippen molar-refractivity contribution in [2.24, 2.45) is 5.92 Å². The van der Waals surface area contributed by atoms with E-state index in [4.69, 9.17) is 0 Å². The maximum absolute atomic E-state index is 12.3. The average molecular weight is 330 g/mol. The van der Waals surface area contributed by atoms with Crippen LogP contribution in [0.1, 0.15) is 33.1 Å². The van der Waals surface area contributed by atoms with Crippen LogP contribution in [0.2, 0.25) is 0 Å². The Morgan fingerprint density at radius 3 is 2.88 bits per heavy atom. The third-order valence-corrected chi connectivity index (χ3v) is 4.60. The van der Waals surface area contributed by atoms with Gasteiger partial charge in [-0.15, -0.1) is 0 Å². The molecule has 1 amide bonds. The second kappa shape index (κ2) is 7.21. The summed E-state index contributed by atoms with van der Waals surface area (Å²) in [5, 5.41) is 21.6. The normalized spacial score (nSPS) is 17.4. The van der Waals surface area contributed by atoms with Gasteiger partial charge in [0.15, 0.2) is 0 Å². The van der Waals surface area contributed by atoms with E-state index in [-0.39, 0.29) is 5.91 Å². The third kappa shape index (κ3) is 3.87. The SMILES string of the molecule is CC(C)C[C@H](O)C(=O)N1CCC(Nc2ccc3[nH]ncc3c2)CC1. The number of piperidine rings is 1. The van der Waals surface area contributed by atoms with Gasteiger partial charge in [0.1, 0.15) is 6.10 Å². The van der Waals surface area contributed by atoms with E-state index in [1.165, 1.54) is 0 Å². The highest BCUT2D eigenvalue weighted by atomic mass is 16.3. The number of nitrogens with one attached hydrogen (secondary N) is 2. The van der Waals surface area contributed by atoms with Crippen LogP contribution in [-0.2, 0) is 4.79 Å². The van der Waals surface area contributed by atoms with Crippen molar-refractivity contribution in [1.82, 2.24) is 15.1 Å². The van der Waals surface area contributed by atoms with Crippen LogP contribution < -0.4 is 5.32 Å². The first-order chi connectivity index (χ1) is 11.5. The van der Waals surface area contributed by atoms with Crippen LogP contribution in [0, 0.1) is 5.92 Å². The first-order valence-electron chi connectivity index (χ1n) is 8.69. The molecule has 6 heteroatoms. The molecule has 0 saturated carbocycles. The average Bonchev–Trinajstić information content (AvgIpc) is 3.02. The number of aliphatic hydroxyl groups excluding tert-OH is 1. The van der Waals surface area contributed by atoms with Crippen molar-refractivity contribution in [2.45, 2.75) is 45.3 Å². The predicted octanol–water partition coefficient (Wildman–Crippen LogP) is 2.37. The molecule has 3 rings (SSSR count). The molecule has 0 unspecified atom stereocenters. The molecule has 1 aliphatic heterocycles. The number of carbonyl (C=O) groups excluding carboxylic acids is 1. The van der Waals surface area contributed by atoms with Crippen LogP contribution >= 0.6 is 0 Å². The van der Waals surface area contributed by atoms with E-state index in [2.05, 4.69) is 21.6 Å². The summed E-state index contributed by atoms with van der Waals surface area (Å²) in [7, 11) is 0. The van der Waals surface area contributed by atoms with Gasteiger partial charge in [-0.2, -0.15) is 5.10 Å². The quantitative estimate of drug-likeness (QED) is 0.786. The van der Waals surface area contributed by atoms with Crippen molar-refractivity contribution in [2.75, 3.05) is 18.4 Å². The van der Waals surface area contributed by atoms with E-state index in [9.17, 15) is 9.90 Å². The highest BCUT2D eigenvalue weighted by Crippen LogP contribution is 2.21. The number of H-pyrrole nitrogens is 1. The molecular formula is C18H26N4O2. The lowest BCUT2D eigenvalue weighted by atomic mass is 10.0. The van der Waals surface area contributed by atoms with Crippen LogP contribution in [-0.4, -0.2) is 51.3 Å². The lowest BCUT2D eigenvalue weighted by Crippen LogP contribution is -2.46. The number of likely N-dealkylation sites (tertiary alicyclic amines) is 1. The van der Waals surface area contributed by atoms with Crippen LogP contribution in [0.25, 0.3) is 10.9 Å². The minimum absolute atomic E-state index is 0.123. The molecule has 2 aromatic rings. The Balaban J connectivity index is 1.52. The Kier molecular flexibility index (Phi) is 5.04. The van der Waals surface area contributed by atoms with Crippen molar-refractivity contribution in [3.8, 4) is 0 Å². The summed E-state index contributed by atoms with van der Waals surface area (Å²) in [4.78, 5) is 14.1. The number of carbonyl (C=O) groups is 1. The number of nitrogens with zero attached hydrogens (tertiary/aromatic N) is 2. The predicted molar refractivity (Wildman–Crippen MR) is 94.8 cm³/mol. The molecule has 130 valence electrons. The minimum Gasteiger partial charge on any atom is -0.383 e. The molecule has 1 aliphatic rings. The molecule has 1 fully saturated rings. The number of anilines is 1. The van der Waals surface area contributed by atoms with Gasteiger partial charge < -0.3 is 15.3 Å². The van der Waals surface area contributed by atoms with Crippen LogP contribution in [0.4, 0.5) is 5.69 Å². The number of aromatic nitrogens is 2. The second-order valence-electron chi connectivity index (χ2n) is 7.06. The Bertz CT molecular complexity index is 689. The topological polar surface area (TPSA) is 81.2 Å². The summed E-state index contributed by atoms with van der Waals surface area (Å²) in [6.07, 6.45) is 3.27. The van der Waals surface area contributed by atoms with Gasteiger partial charge in [0.2, 0.25) is 0 Å². The Morgan fingerprint density at radius 1 is 1.42 bits per heavy atom. The van der Waals surface area contributed by atoms with E-state index in [1.54, 1.807) is 4.90 Å². The maximum Gasteiger partial charge on any atom is 0.251 e. The van der Waals surface area contributed by atoms with Gasteiger partial charge in [0.05, 0.1) is 11.7 Å². The van der Waals surface area contributed by atoms with Crippen molar-refractivity contribution in [1.29, 1.82) is 0 Å². The summed E-state index contributed by atoms with van der Waals surface area (Å²) in [5.74, 6) is 0.197. The van der Waals surface area contributed by atoms with Crippen LogP contribution in [0.15, 0.2) is 24.4 Å². The van der Waals surface area contributed by atoms with E-state index in [0.717, 1.165) is 29.4 Å². The number of rotatable bonds is 5. The molecule has 3 N–H and O–H groups in total. The highest BCUT2D eigenvalue weighted by Gasteiger charge is 2.27. The largest absolute Gasteiger partial charge is 0.383 e. The van der Waals surface area contributed by atoms with Crippen molar-refractivity contribution >= 4 is 22.5 Å². The minimum atomic E-state index is -0.863. The number of hydrogen-bond acceptors (Lipinski definition) is 4. The molecular weight excluding hydrogens is 304 g/mol. The number of hydrogen-bond donors (Lipinski definition) is 3. The first kappa shape index (κ1) is 16.8. The number of amides is 1. The molecule has 2 heterocycles. The molecule has 0 spiro atoms. The van der Waals surface area contributed by atoms with Gasteiger partial charge in [-0.25, -0.2) is 0 Å². The van der Waals surface area contributed by atoms with Gasteiger partial charge in [0.25, 0.3) is 5.91 Å². The Labute approximate surface area is 142 Å². The lowest BCUT2D eigenvalue weighted by molar-refractivity contribution is -0.141. The molecule has 0 radical (unpaired) electrons. The van der Waals surface area contributed by atoms with Crippen LogP contribution in [0.3, 0.4) is 0 Å². The summed E-state index contributed by atoms with van der Waals surface area (Å²) >= 11 is 0. The van der Waals surface area contributed by atoms with E-state index in [1.807, 2.05) is 32.2 Å². The smallest absolute Gasteiger partial charge is 0.251 e. The van der Waals surface area contributed by atoms with Crippen molar-refractivity contribution in [3.63, 3.8) is 0 Å². The van der Waals surface area contributed by atoms with Gasteiger partial charge in [-0.1, -0.05) is 13.8 Å². The van der Waals surface area contributed by atoms with E-state index in [0.29, 0.717) is 31.5 Å². The maximum atomic E-state index is 12.3. The fourth-order valence-corrected chi connectivity index (χ4v) is 3.27. The number of aliphatic hydroxyl groups is 1. The molecule has 0 aliphatic carbocycles. The highest BCUT2D eigenvalue weighted by molar-refractivity contribution is 5.82. The van der Waals surface area contributed by atoms with E-state index >= 15 is 0 Å².